The third-order valence-corrected chi connectivity index (χ3v) is 2.96. The summed E-state index contributed by atoms with van der Waals surface area (Å²) in [6.45, 7) is 2.47. The Hall–Kier alpha value is -2.36. The molecule has 98 valence electrons. The van der Waals surface area contributed by atoms with Crippen molar-refractivity contribution in [3.8, 4) is 0 Å². The number of aryl methyl sites for hydroxylation is 1. The first-order valence-corrected chi connectivity index (χ1v) is 5.95. The van der Waals surface area contributed by atoms with Crippen LogP contribution < -0.4 is 11.1 Å². The van der Waals surface area contributed by atoms with Gasteiger partial charge in [0, 0.05) is 17.8 Å². The summed E-state index contributed by atoms with van der Waals surface area (Å²) in [5, 5.41) is 3.21. The summed E-state index contributed by atoms with van der Waals surface area (Å²) in [7, 11) is 0. The van der Waals surface area contributed by atoms with E-state index in [1.807, 2.05) is 6.92 Å². The molecular formula is C15H15FN2O. The van der Waals surface area contributed by atoms with Crippen molar-refractivity contribution in [2.75, 3.05) is 5.32 Å². The van der Waals surface area contributed by atoms with Crippen molar-refractivity contribution in [1.29, 1.82) is 0 Å². The van der Waals surface area contributed by atoms with Gasteiger partial charge in [-0.2, -0.15) is 0 Å². The Labute approximate surface area is 111 Å². The second-order valence-corrected chi connectivity index (χ2v) is 4.37. The van der Waals surface area contributed by atoms with Crippen LogP contribution in [0.5, 0.6) is 0 Å². The summed E-state index contributed by atoms with van der Waals surface area (Å²) in [5.41, 5.74) is 8.46. The second kappa shape index (κ2) is 5.52. The summed E-state index contributed by atoms with van der Waals surface area (Å²) in [6, 6.07) is 11.6. The zero-order valence-electron chi connectivity index (χ0n) is 10.6. The van der Waals surface area contributed by atoms with Crippen LogP contribution in [0.1, 0.15) is 21.5 Å². The Kier molecular flexibility index (Phi) is 3.80. The van der Waals surface area contributed by atoms with E-state index in [0.717, 1.165) is 16.8 Å². The third kappa shape index (κ3) is 3.31. The van der Waals surface area contributed by atoms with Gasteiger partial charge >= 0.3 is 0 Å². The van der Waals surface area contributed by atoms with Crippen molar-refractivity contribution in [1.82, 2.24) is 0 Å². The molecule has 0 unspecified atom stereocenters. The molecule has 0 aliphatic carbocycles. The Morgan fingerprint density at radius 3 is 2.47 bits per heavy atom. The number of hydrogen-bond acceptors (Lipinski definition) is 2. The maximum absolute atomic E-state index is 13.0. The Morgan fingerprint density at radius 1 is 1.21 bits per heavy atom. The number of halogens is 1. The Balaban J connectivity index is 2.04. The average Bonchev–Trinajstić information content (AvgIpc) is 2.38. The van der Waals surface area contributed by atoms with Gasteiger partial charge in [-0.3, -0.25) is 4.79 Å². The minimum atomic E-state index is -0.444. The number of nitrogens with two attached hydrogens (primary N) is 1. The van der Waals surface area contributed by atoms with Crippen LogP contribution in [0, 0.1) is 12.7 Å². The third-order valence-electron chi connectivity index (χ3n) is 2.96. The van der Waals surface area contributed by atoms with Gasteiger partial charge in [-0.05, 0) is 54.4 Å². The van der Waals surface area contributed by atoms with Crippen molar-refractivity contribution in [3.05, 3.63) is 65.0 Å². The Bertz CT molecular complexity index is 594. The summed E-state index contributed by atoms with van der Waals surface area (Å²) in [6.07, 6.45) is 0. The van der Waals surface area contributed by atoms with Gasteiger partial charge in [0.1, 0.15) is 5.82 Å². The molecule has 0 fully saturated rings. The van der Waals surface area contributed by atoms with E-state index in [2.05, 4.69) is 5.32 Å². The molecule has 0 heterocycles. The molecule has 0 saturated heterocycles. The average molecular weight is 258 g/mol. The highest BCUT2D eigenvalue weighted by atomic mass is 19.1. The van der Waals surface area contributed by atoms with E-state index < -0.39 is 5.91 Å². The molecule has 0 radical (unpaired) electrons. The fourth-order valence-corrected chi connectivity index (χ4v) is 1.81. The van der Waals surface area contributed by atoms with Crippen LogP contribution in [-0.2, 0) is 6.54 Å². The van der Waals surface area contributed by atoms with E-state index in [1.54, 1.807) is 30.3 Å². The number of anilines is 1. The zero-order valence-corrected chi connectivity index (χ0v) is 10.6. The highest BCUT2D eigenvalue weighted by Crippen LogP contribution is 2.14. The number of nitrogens with one attached hydrogen (secondary N) is 1. The number of benzene rings is 2. The summed E-state index contributed by atoms with van der Waals surface area (Å²) in [4.78, 5) is 10.9. The molecule has 2 aromatic rings. The quantitative estimate of drug-likeness (QED) is 0.886. The molecule has 0 aliphatic heterocycles. The van der Waals surface area contributed by atoms with Crippen LogP contribution >= 0.6 is 0 Å². The molecular weight excluding hydrogens is 243 g/mol. The molecule has 0 saturated carbocycles. The largest absolute Gasteiger partial charge is 0.381 e. The van der Waals surface area contributed by atoms with E-state index in [-0.39, 0.29) is 5.82 Å². The van der Waals surface area contributed by atoms with Gasteiger partial charge in [-0.25, -0.2) is 4.39 Å². The van der Waals surface area contributed by atoms with Crippen LogP contribution in [0.4, 0.5) is 10.1 Å². The van der Waals surface area contributed by atoms with Gasteiger partial charge in [-0.1, -0.05) is 6.07 Å². The van der Waals surface area contributed by atoms with Gasteiger partial charge in [-0.15, -0.1) is 0 Å². The maximum Gasteiger partial charge on any atom is 0.248 e. The van der Waals surface area contributed by atoms with E-state index in [0.29, 0.717) is 12.1 Å². The van der Waals surface area contributed by atoms with Crippen LogP contribution in [0.15, 0.2) is 42.5 Å². The minimum Gasteiger partial charge on any atom is -0.381 e. The summed E-state index contributed by atoms with van der Waals surface area (Å²) < 4.78 is 13.0. The molecule has 4 heteroatoms. The molecule has 3 N–H and O–H groups in total. The van der Waals surface area contributed by atoms with E-state index in [1.165, 1.54) is 12.1 Å². The zero-order chi connectivity index (χ0) is 13.8. The molecule has 2 aromatic carbocycles. The number of primary amides is 1. The number of rotatable bonds is 4. The number of carbonyl (C=O) groups excluding carboxylic acids is 1. The summed E-state index contributed by atoms with van der Waals surface area (Å²) in [5.74, 6) is -0.673. The minimum absolute atomic E-state index is 0.230. The molecule has 3 nitrogen and oxygen atoms in total. The van der Waals surface area contributed by atoms with E-state index >= 15 is 0 Å². The van der Waals surface area contributed by atoms with Gasteiger partial charge < -0.3 is 11.1 Å². The topological polar surface area (TPSA) is 55.1 Å². The van der Waals surface area contributed by atoms with Gasteiger partial charge in [0.2, 0.25) is 5.91 Å². The highest BCUT2D eigenvalue weighted by Gasteiger charge is 2.02. The first-order chi connectivity index (χ1) is 9.06. The van der Waals surface area contributed by atoms with Crippen molar-refractivity contribution >= 4 is 11.6 Å². The predicted octanol–water partition coefficient (Wildman–Crippen LogP) is 2.85. The lowest BCUT2D eigenvalue weighted by Crippen LogP contribution is -2.10. The number of hydrogen-bond donors (Lipinski definition) is 2. The standard InChI is InChI=1S/C15H15FN2O/c1-10-8-13(16)5-2-12(10)9-18-14-6-3-11(4-7-14)15(17)19/h2-8,18H,9H2,1H3,(H2,17,19). The second-order valence-electron chi connectivity index (χ2n) is 4.37. The van der Waals surface area contributed by atoms with Gasteiger partial charge in [0.15, 0.2) is 0 Å². The highest BCUT2D eigenvalue weighted by molar-refractivity contribution is 5.93. The van der Waals surface area contributed by atoms with Gasteiger partial charge in [0.25, 0.3) is 0 Å². The normalized spacial score (nSPS) is 10.2. The summed E-state index contributed by atoms with van der Waals surface area (Å²) >= 11 is 0. The first kappa shape index (κ1) is 13.1. The molecule has 0 aliphatic rings. The fraction of sp³-hybridized carbons (Fsp3) is 0.133. The molecule has 1 amide bonds. The lowest BCUT2D eigenvalue weighted by atomic mass is 10.1. The maximum atomic E-state index is 13.0. The van der Waals surface area contributed by atoms with Gasteiger partial charge in [0.05, 0.1) is 0 Å². The van der Waals surface area contributed by atoms with Crippen LogP contribution in [0.2, 0.25) is 0 Å². The van der Waals surface area contributed by atoms with Crippen molar-refractivity contribution < 1.29 is 9.18 Å². The lowest BCUT2D eigenvalue weighted by Gasteiger charge is -2.09. The van der Waals surface area contributed by atoms with E-state index in [4.69, 9.17) is 5.73 Å². The monoisotopic (exact) mass is 258 g/mol. The molecule has 19 heavy (non-hydrogen) atoms. The number of carbonyl (C=O) groups is 1. The molecule has 0 atom stereocenters. The smallest absolute Gasteiger partial charge is 0.248 e. The molecule has 2 rings (SSSR count). The fourth-order valence-electron chi connectivity index (χ4n) is 1.81. The molecule has 0 spiro atoms. The number of amides is 1. The molecule has 0 bridgehead atoms. The predicted molar refractivity (Wildman–Crippen MR) is 73.4 cm³/mol. The van der Waals surface area contributed by atoms with Crippen LogP contribution in [-0.4, -0.2) is 5.91 Å². The van der Waals surface area contributed by atoms with Crippen molar-refractivity contribution in [2.24, 2.45) is 5.73 Å². The first-order valence-electron chi connectivity index (χ1n) is 5.95. The molecule has 0 aromatic heterocycles. The van der Waals surface area contributed by atoms with Crippen molar-refractivity contribution in [3.63, 3.8) is 0 Å². The lowest BCUT2D eigenvalue weighted by molar-refractivity contribution is 0.100. The van der Waals surface area contributed by atoms with Crippen LogP contribution in [0.3, 0.4) is 0 Å². The van der Waals surface area contributed by atoms with Crippen molar-refractivity contribution in [2.45, 2.75) is 13.5 Å². The SMILES string of the molecule is Cc1cc(F)ccc1CNc1ccc(C(N)=O)cc1. The Morgan fingerprint density at radius 2 is 1.89 bits per heavy atom. The van der Waals surface area contributed by atoms with Crippen LogP contribution in [0.25, 0.3) is 0 Å². The van der Waals surface area contributed by atoms with E-state index in [9.17, 15) is 9.18 Å².